The number of halogens is 1. The first-order valence-corrected chi connectivity index (χ1v) is 18.1. The van der Waals surface area contributed by atoms with Crippen LogP contribution in [0.15, 0.2) is 180 Å². The quantitative estimate of drug-likeness (QED) is 0.173. The van der Waals surface area contributed by atoms with Crippen molar-refractivity contribution in [1.29, 1.82) is 0 Å². The molecule has 51 heavy (non-hydrogen) atoms. The number of anilines is 6. The molecule has 0 atom stereocenters. The summed E-state index contributed by atoms with van der Waals surface area (Å²) in [7, 11) is 0. The molecule has 10 aromatic rings. The van der Waals surface area contributed by atoms with E-state index >= 15 is 0 Å². The molecule has 0 aliphatic carbocycles. The molecule has 0 unspecified atom stereocenters. The number of hydrogen-bond donors (Lipinski definition) is 0. The molecule has 0 spiro atoms. The molecular formula is C46H29ClN2OS. The van der Waals surface area contributed by atoms with Crippen LogP contribution >= 0.6 is 22.9 Å². The molecular weight excluding hydrogens is 664 g/mol. The summed E-state index contributed by atoms with van der Waals surface area (Å²) in [6, 6.07) is 61.8. The average Bonchev–Trinajstić information content (AvgIpc) is 3.76. The van der Waals surface area contributed by atoms with Gasteiger partial charge in [-0.25, -0.2) is 0 Å². The number of fused-ring (bicyclic) bond motifs is 8. The van der Waals surface area contributed by atoms with Crippen LogP contribution in [0.3, 0.4) is 0 Å². The van der Waals surface area contributed by atoms with Gasteiger partial charge in [0.2, 0.25) is 0 Å². The number of hydrogen-bond acceptors (Lipinski definition) is 4. The van der Waals surface area contributed by atoms with Gasteiger partial charge in [-0.1, -0.05) is 103 Å². The standard InChI is InChI=1S/C46H29ClN2OS/c47-45-40(25-26-41-44(45)38-23-20-30-12-10-11-19-36(30)46(38)50-41)49(33-17-8-3-9-18-33)35-21-24-37-39-28-34(22-27-42(39)51-43(37)29-35)48(31-13-4-1-5-14-31)32-15-6-2-7-16-32/h1-29H. The number of nitrogens with zero attached hydrogens (tertiary/aromatic N) is 2. The van der Waals surface area contributed by atoms with E-state index in [9.17, 15) is 0 Å². The number of thiophene rings is 1. The third-order valence-electron chi connectivity index (χ3n) is 9.68. The van der Waals surface area contributed by atoms with Crippen LogP contribution in [0.2, 0.25) is 5.02 Å². The van der Waals surface area contributed by atoms with E-state index in [1.54, 1.807) is 0 Å². The molecule has 2 aromatic heterocycles. The Hall–Kier alpha value is -6.07. The van der Waals surface area contributed by atoms with Gasteiger partial charge in [0.05, 0.1) is 10.7 Å². The van der Waals surface area contributed by atoms with Crippen molar-refractivity contribution in [2.45, 2.75) is 0 Å². The van der Waals surface area contributed by atoms with E-state index in [4.69, 9.17) is 16.0 Å². The Bertz CT molecular complexity index is 2840. The number of rotatable bonds is 6. The highest BCUT2D eigenvalue weighted by Crippen LogP contribution is 2.47. The SMILES string of the molecule is Clc1c(N(c2ccccc2)c2ccc3c(c2)sc2ccc(N(c4ccccc4)c4ccccc4)cc23)ccc2oc3c4ccccc4ccc3c12. The van der Waals surface area contributed by atoms with Crippen LogP contribution in [0.4, 0.5) is 34.1 Å². The molecule has 0 amide bonds. The van der Waals surface area contributed by atoms with Crippen molar-refractivity contribution >= 4 is 110 Å². The van der Waals surface area contributed by atoms with Gasteiger partial charge in [0, 0.05) is 64.8 Å². The zero-order valence-corrected chi connectivity index (χ0v) is 28.9. The van der Waals surface area contributed by atoms with E-state index in [0.29, 0.717) is 5.02 Å². The second-order valence-electron chi connectivity index (χ2n) is 12.7. The highest BCUT2D eigenvalue weighted by molar-refractivity contribution is 7.25. The molecule has 10 rings (SSSR count). The average molecular weight is 693 g/mol. The van der Waals surface area contributed by atoms with Crippen molar-refractivity contribution in [1.82, 2.24) is 0 Å². The first kappa shape index (κ1) is 29.8. The van der Waals surface area contributed by atoms with Crippen molar-refractivity contribution in [2.75, 3.05) is 9.80 Å². The fraction of sp³-hybridized carbons (Fsp3) is 0. The summed E-state index contributed by atoms with van der Waals surface area (Å²) in [6.45, 7) is 0. The molecule has 0 saturated carbocycles. The second kappa shape index (κ2) is 12.1. The van der Waals surface area contributed by atoms with Crippen LogP contribution in [-0.4, -0.2) is 0 Å². The van der Waals surface area contributed by atoms with Gasteiger partial charge in [0.1, 0.15) is 11.2 Å². The molecule has 0 radical (unpaired) electrons. The smallest absolute Gasteiger partial charge is 0.143 e. The topological polar surface area (TPSA) is 19.6 Å². The third-order valence-corrected chi connectivity index (χ3v) is 11.2. The first-order chi connectivity index (χ1) is 25.2. The largest absolute Gasteiger partial charge is 0.455 e. The molecule has 8 aromatic carbocycles. The van der Waals surface area contributed by atoms with Crippen LogP contribution in [0.5, 0.6) is 0 Å². The van der Waals surface area contributed by atoms with Gasteiger partial charge in [0.25, 0.3) is 0 Å². The fourth-order valence-electron chi connectivity index (χ4n) is 7.35. The van der Waals surface area contributed by atoms with Crippen LogP contribution in [-0.2, 0) is 0 Å². The lowest BCUT2D eigenvalue weighted by atomic mass is 10.0. The molecule has 0 saturated heterocycles. The van der Waals surface area contributed by atoms with E-state index in [-0.39, 0.29) is 0 Å². The maximum atomic E-state index is 7.43. The zero-order chi connectivity index (χ0) is 33.9. The lowest BCUT2D eigenvalue weighted by Gasteiger charge is -2.26. The van der Waals surface area contributed by atoms with Crippen molar-refractivity contribution in [2.24, 2.45) is 0 Å². The zero-order valence-electron chi connectivity index (χ0n) is 27.3. The maximum absolute atomic E-state index is 7.43. The van der Waals surface area contributed by atoms with Gasteiger partial charge in [0.15, 0.2) is 0 Å². The van der Waals surface area contributed by atoms with Crippen LogP contribution in [0.25, 0.3) is 52.9 Å². The van der Waals surface area contributed by atoms with Gasteiger partial charge in [-0.2, -0.15) is 0 Å². The fourth-order valence-corrected chi connectivity index (χ4v) is 8.82. The molecule has 0 aliphatic heterocycles. The number of furan rings is 1. The predicted octanol–water partition coefficient (Wildman–Crippen LogP) is 14.7. The first-order valence-electron chi connectivity index (χ1n) is 17.0. The van der Waals surface area contributed by atoms with Gasteiger partial charge in [-0.3, -0.25) is 0 Å². The molecule has 5 heteroatoms. The Balaban J connectivity index is 1.13. The van der Waals surface area contributed by atoms with E-state index in [0.717, 1.165) is 66.8 Å². The van der Waals surface area contributed by atoms with Crippen LogP contribution in [0.1, 0.15) is 0 Å². The molecule has 0 aliphatic rings. The highest BCUT2D eigenvalue weighted by atomic mass is 35.5. The molecule has 2 heterocycles. The monoisotopic (exact) mass is 692 g/mol. The second-order valence-corrected chi connectivity index (χ2v) is 14.1. The van der Waals surface area contributed by atoms with E-state index < -0.39 is 0 Å². The summed E-state index contributed by atoms with van der Waals surface area (Å²) in [4.78, 5) is 4.57. The van der Waals surface area contributed by atoms with Gasteiger partial charge in [-0.15, -0.1) is 11.3 Å². The highest BCUT2D eigenvalue weighted by Gasteiger charge is 2.22. The van der Waals surface area contributed by atoms with Crippen molar-refractivity contribution < 1.29 is 4.42 Å². The Morgan fingerprint density at radius 1 is 0.431 bits per heavy atom. The minimum Gasteiger partial charge on any atom is -0.455 e. The molecule has 242 valence electrons. The van der Waals surface area contributed by atoms with Gasteiger partial charge >= 0.3 is 0 Å². The normalized spacial score (nSPS) is 11.6. The minimum absolute atomic E-state index is 0.661. The van der Waals surface area contributed by atoms with E-state index in [1.165, 1.54) is 20.2 Å². The lowest BCUT2D eigenvalue weighted by molar-refractivity contribution is 0.672. The van der Waals surface area contributed by atoms with Crippen molar-refractivity contribution in [3.05, 3.63) is 181 Å². The molecule has 0 bridgehead atoms. The Kier molecular flexibility index (Phi) is 7.05. The summed E-state index contributed by atoms with van der Waals surface area (Å²) in [5.41, 5.74) is 7.96. The molecule has 0 N–H and O–H groups in total. The molecule has 0 fully saturated rings. The van der Waals surface area contributed by atoms with E-state index in [1.807, 2.05) is 29.5 Å². The van der Waals surface area contributed by atoms with E-state index in [2.05, 4.69) is 168 Å². The summed E-state index contributed by atoms with van der Waals surface area (Å²) in [5, 5.41) is 7.28. The Labute approximate surface area is 303 Å². The molecule has 3 nitrogen and oxygen atoms in total. The van der Waals surface area contributed by atoms with Crippen molar-refractivity contribution in [3.63, 3.8) is 0 Å². The van der Waals surface area contributed by atoms with Gasteiger partial charge < -0.3 is 14.2 Å². The predicted molar refractivity (Wildman–Crippen MR) is 218 cm³/mol. The van der Waals surface area contributed by atoms with Crippen molar-refractivity contribution in [3.8, 4) is 0 Å². The summed E-state index contributed by atoms with van der Waals surface area (Å²) in [5.74, 6) is 0. The van der Waals surface area contributed by atoms with Crippen LogP contribution in [0, 0.1) is 0 Å². The third kappa shape index (κ3) is 4.95. The van der Waals surface area contributed by atoms with Crippen LogP contribution < -0.4 is 9.80 Å². The minimum atomic E-state index is 0.661. The van der Waals surface area contributed by atoms with Gasteiger partial charge in [-0.05, 0) is 90.3 Å². The maximum Gasteiger partial charge on any atom is 0.143 e. The Morgan fingerprint density at radius 3 is 1.76 bits per heavy atom. The summed E-state index contributed by atoms with van der Waals surface area (Å²) in [6.07, 6.45) is 0. The number of para-hydroxylation sites is 3. The number of benzene rings is 8. The summed E-state index contributed by atoms with van der Waals surface area (Å²) >= 11 is 9.25. The lowest BCUT2D eigenvalue weighted by Crippen LogP contribution is -2.10. The summed E-state index contributed by atoms with van der Waals surface area (Å²) < 4.78 is 8.92. The Morgan fingerprint density at radius 2 is 1.04 bits per heavy atom.